The van der Waals surface area contributed by atoms with Crippen molar-refractivity contribution in [3.8, 4) is 0 Å². The van der Waals surface area contributed by atoms with E-state index in [-0.39, 0.29) is 5.54 Å². The molecule has 0 amide bonds. The maximum absolute atomic E-state index is 9.83. The second-order valence-electron chi connectivity index (χ2n) is 4.40. The summed E-state index contributed by atoms with van der Waals surface area (Å²) in [5.41, 5.74) is 0.285. The largest absolute Gasteiger partial charge is 0.467 e. The number of aliphatic hydroxyl groups excluding tert-OH is 1. The zero-order chi connectivity index (χ0) is 10.7. The monoisotopic (exact) mass is 209 g/mol. The van der Waals surface area contributed by atoms with Gasteiger partial charge >= 0.3 is 0 Å². The third kappa shape index (κ3) is 2.24. The molecule has 1 saturated carbocycles. The molecule has 15 heavy (non-hydrogen) atoms. The van der Waals surface area contributed by atoms with Gasteiger partial charge in [0.15, 0.2) is 0 Å². The molecule has 1 aromatic heterocycles. The van der Waals surface area contributed by atoms with E-state index in [1.54, 1.807) is 12.3 Å². The SMILES string of the molecule is CCC1(NCC(O)c2ccco2)CCC1. The van der Waals surface area contributed by atoms with Crippen LogP contribution in [0.2, 0.25) is 0 Å². The Hall–Kier alpha value is -0.800. The Balaban J connectivity index is 1.82. The predicted molar refractivity (Wildman–Crippen MR) is 58.5 cm³/mol. The van der Waals surface area contributed by atoms with Gasteiger partial charge in [-0.15, -0.1) is 0 Å². The summed E-state index contributed by atoms with van der Waals surface area (Å²) in [6.07, 6.45) is 5.97. The number of hydrogen-bond acceptors (Lipinski definition) is 3. The molecular weight excluding hydrogens is 190 g/mol. The number of hydrogen-bond donors (Lipinski definition) is 2. The molecule has 84 valence electrons. The van der Waals surface area contributed by atoms with Crippen LogP contribution in [0.1, 0.15) is 44.5 Å². The molecule has 2 rings (SSSR count). The number of rotatable bonds is 5. The Kier molecular flexibility index (Phi) is 3.12. The van der Waals surface area contributed by atoms with Crippen molar-refractivity contribution in [2.75, 3.05) is 6.54 Å². The molecule has 1 fully saturated rings. The van der Waals surface area contributed by atoms with E-state index in [2.05, 4.69) is 12.2 Å². The van der Waals surface area contributed by atoms with E-state index < -0.39 is 6.10 Å². The lowest BCUT2D eigenvalue weighted by Crippen LogP contribution is -2.51. The summed E-state index contributed by atoms with van der Waals surface area (Å²) in [6, 6.07) is 3.61. The number of furan rings is 1. The first kappa shape index (κ1) is 10.7. The minimum absolute atomic E-state index is 0.285. The molecule has 0 spiro atoms. The van der Waals surface area contributed by atoms with E-state index in [1.807, 2.05) is 6.07 Å². The quantitative estimate of drug-likeness (QED) is 0.781. The summed E-state index contributed by atoms with van der Waals surface area (Å²) in [5.74, 6) is 0.646. The topological polar surface area (TPSA) is 45.4 Å². The fourth-order valence-corrected chi connectivity index (χ4v) is 2.15. The lowest BCUT2D eigenvalue weighted by molar-refractivity contribution is 0.105. The highest BCUT2D eigenvalue weighted by molar-refractivity contribution is 5.03. The summed E-state index contributed by atoms with van der Waals surface area (Å²) in [6.45, 7) is 2.78. The molecule has 0 radical (unpaired) electrons. The van der Waals surface area contributed by atoms with Crippen molar-refractivity contribution in [2.24, 2.45) is 0 Å². The normalized spacial score (nSPS) is 20.9. The van der Waals surface area contributed by atoms with Gasteiger partial charge in [-0.05, 0) is 37.8 Å². The van der Waals surface area contributed by atoms with Crippen LogP contribution >= 0.6 is 0 Å². The van der Waals surface area contributed by atoms with Crippen molar-refractivity contribution in [3.05, 3.63) is 24.2 Å². The van der Waals surface area contributed by atoms with Crippen molar-refractivity contribution >= 4 is 0 Å². The average molecular weight is 209 g/mol. The first-order valence-electron chi connectivity index (χ1n) is 5.72. The van der Waals surface area contributed by atoms with Crippen LogP contribution in [0, 0.1) is 0 Å². The lowest BCUT2D eigenvalue weighted by Gasteiger charge is -2.42. The standard InChI is InChI=1S/C12H19NO2/c1-2-12(6-4-7-12)13-9-10(14)11-5-3-8-15-11/h3,5,8,10,13-14H,2,4,6-7,9H2,1H3. The van der Waals surface area contributed by atoms with E-state index in [9.17, 15) is 5.11 Å². The van der Waals surface area contributed by atoms with Gasteiger partial charge in [0.05, 0.1) is 6.26 Å². The van der Waals surface area contributed by atoms with Gasteiger partial charge in [0.25, 0.3) is 0 Å². The van der Waals surface area contributed by atoms with Crippen molar-refractivity contribution < 1.29 is 9.52 Å². The number of nitrogens with one attached hydrogen (secondary N) is 1. The van der Waals surface area contributed by atoms with E-state index in [4.69, 9.17) is 4.42 Å². The molecule has 0 saturated heterocycles. The zero-order valence-electron chi connectivity index (χ0n) is 9.20. The zero-order valence-corrected chi connectivity index (χ0v) is 9.20. The van der Waals surface area contributed by atoms with Gasteiger partial charge < -0.3 is 14.8 Å². The molecule has 1 aliphatic rings. The Morgan fingerprint density at radius 3 is 2.87 bits per heavy atom. The van der Waals surface area contributed by atoms with Gasteiger partial charge in [-0.3, -0.25) is 0 Å². The van der Waals surface area contributed by atoms with Gasteiger partial charge in [0.2, 0.25) is 0 Å². The maximum atomic E-state index is 9.83. The molecule has 0 bridgehead atoms. The molecule has 1 atom stereocenters. The average Bonchev–Trinajstić information content (AvgIpc) is 2.69. The molecule has 2 N–H and O–H groups in total. The van der Waals surface area contributed by atoms with Gasteiger partial charge in [-0.25, -0.2) is 0 Å². The first-order valence-corrected chi connectivity index (χ1v) is 5.72. The predicted octanol–water partition coefficient (Wildman–Crippen LogP) is 2.24. The van der Waals surface area contributed by atoms with Gasteiger partial charge in [-0.2, -0.15) is 0 Å². The molecule has 3 heteroatoms. The maximum Gasteiger partial charge on any atom is 0.133 e. The summed E-state index contributed by atoms with van der Waals surface area (Å²) in [4.78, 5) is 0. The summed E-state index contributed by atoms with van der Waals surface area (Å²) < 4.78 is 5.16. The first-order chi connectivity index (χ1) is 7.26. The highest BCUT2D eigenvalue weighted by atomic mass is 16.4. The summed E-state index contributed by atoms with van der Waals surface area (Å²) >= 11 is 0. The molecule has 0 aromatic carbocycles. The third-order valence-corrected chi connectivity index (χ3v) is 3.53. The minimum atomic E-state index is -0.524. The Morgan fingerprint density at radius 1 is 1.60 bits per heavy atom. The van der Waals surface area contributed by atoms with Crippen LogP contribution in [0.3, 0.4) is 0 Å². The Morgan fingerprint density at radius 2 is 2.40 bits per heavy atom. The van der Waals surface area contributed by atoms with Crippen LogP contribution < -0.4 is 5.32 Å². The molecule has 3 nitrogen and oxygen atoms in total. The molecule has 1 unspecified atom stereocenters. The Labute approximate surface area is 90.5 Å². The van der Waals surface area contributed by atoms with Crippen LogP contribution in [0.15, 0.2) is 22.8 Å². The van der Waals surface area contributed by atoms with E-state index in [0.717, 1.165) is 6.42 Å². The van der Waals surface area contributed by atoms with E-state index >= 15 is 0 Å². The molecule has 1 heterocycles. The van der Waals surface area contributed by atoms with Crippen LogP contribution in [-0.2, 0) is 0 Å². The van der Waals surface area contributed by atoms with Crippen LogP contribution in [0.5, 0.6) is 0 Å². The third-order valence-electron chi connectivity index (χ3n) is 3.53. The van der Waals surface area contributed by atoms with Crippen LogP contribution in [0.25, 0.3) is 0 Å². The number of aliphatic hydroxyl groups is 1. The second-order valence-corrected chi connectivity index (χ2v) is 4.40. The summed E-state index contributed by atoms with van der Waals surface area (Å²) in [5, 5.41) is 13.3. The van der Waals surface area contributed by atoms with Gasteiger partial charge in [0, 0.05) is 12.1 Å². The molecule has 1 aliphatic carbocycles. The van der Waals surface area contributed by atoms with Crippen LogP contribution in [0.4, 0.5) is 0 Å². The van der Waals surface area contributed by atoms with Gasteiger partial charge in [0.1, 0.15) is 11.9 Å². The summed E-state index contributed by atoms with van der Waals surface area (Å²) in [7, 11) is 0. The Bertz CT molecular complexity index is 285. The number of β-amino-alcohol motifs (C(OH)–C–C–N with tert-alkyl or cyclic N) is 1. The van der Waals surface area contributed by atoms with E-state index in [0.29, 0.717) is 12.3 Å². The highest BCUT2D eigenvalue weighted by Gasteiger charge is 2.34. The molecule has 1 aromatic rings. The van der Waals surface area contributed by atoms with Crippen LogP contribution in [-0.4, -0.2) is 17.2 Å². The highest BCUT2D eigenvalue weighted by Crippen LogP contribution is 2.34. The molecule has 0 aliphatic heterocycles. The van der Waals surface area contributed by atoms with Crippen molar-refractivity contribution in [1.29, 1.82) is 0 Å². The van der Waals surface area contributed by atoms with Crippen molar-refractivity contribution in [3.63, 3.8) is 0 Å². The fourth-order valence-electron chi connectivity index (χ4n) is 2.15. The van der Waals surface area contributed by atoms with Crippen molar-refractivity contribution in [1.82, 2.24) is 5.32 Å². The fraction of sp³-hybridized carbons (Fsp3) is 0.667. The molecular formula is C12H19NO2. The second kappa shape index (κ2) is 4.37. The van der Waals surface area contributed by atoms with E-state index in [1.165, 1.54) is 19.3 Å². The minimum Gasteiger partial charge on any atom is -0.467 e. The van der Waals surface area contributed by atoms with Gasteiger partial charge in [-0.1, -0.05) is 6.92 Å². The smallest absolute Gasteiger partial charge is 0.133 e. The van der Waals surface area contributed by atoms with Crippen molar-refractivity contribution in [2.45, 2.75) is 44.2 Å². The lowest BCUT2D eigenvalue weighted by atomic mass is 9.75.